The number of amides is 1. The lowest BCUT2D eigenvalue weighted by molar-refractivity contribution is 0.0951. The number of nitrogens with zero attached hydrogens (tertiary/aromatic N) is 1. The van der Waals surface area contributed by atoms with Crippen LogP contribution < -0.4 is 5.32 Å². The molecule has 0 aliphatic heterocycles. The molecule has 6 heteroatoms. The van der Waals surface area contributed by atoms with Crippen molar-refractivity contribution in [3.05, 3.63) is 39.3 Å². The molecule has 0 saturated heterocycles. The molecule has 0 saturated carbocycles. The van der Waals surface area contributed by atoms with E-state index in [1.54, 1.807) is 11.3 Å². The Labute approximate surface area is 121 Å². The molecular weight excluding hydrogens is 274 g/mol. The summed E-state index contributed by atoms with van der Waals surface area (Å²) in [7, 11) is 0. The van der Waals surface area contributed by atoms with Crippen molar-refractivity contribution in [2.45, 2.75) is 19.9 Å². The number of aliphatic hydroxyl groups is 1. The van der Waals surface area contributed by atoms with Crippen LogP contribution >= 0.6 is 11.3 Å². The summed E-state index contributed by atoms with van der Waals surface area (Å²) in [4.78, 5) is 12.9. The fourth-order valence-electron chi connectivity index (χ4n) is 1.60. The summed E-state index contributed by atoms with van der Waals surface area (Å²) in [6.45, 7) is 2.35. The second kappa shape index (κ2) is 6.89. The lowest BCUT2D eigenvalue weighted by atomic mass is 10.2. The molecule has 2 aromatic heterocycles. The summed E-state index contributed by atoms with van der Waals surface area (Å²) in [5, 5.41) is 20.0. The number of aliphatic hydroxyl groups excluding tert-OH is 1. The Kier molecular flexibility index (Phi) is 4.93. The number of carbonyl (C=O) groups is 1. The summed E-state index contributed by atoms with van der Waals surface area (Å²) in [6.07, 6.45) is 1.99. The van der Waals surface area contributed by atoms with Gasteiger partial charge < -0.3 is 10.4 Å². The average molecular weight is 289 g/mol. The van der Waals surface area contributed by atoms with E-state index in [0.29, 0.717) is 18.5 Å². The van der Waals surface area contributed by atoms with E-state index in [4.69, 9.17) is 5.11 Å². The third-order valence-corrected chi connectivity index (χ3v) is 3.56. The minimum Gasteiger partial charge on any atom is -0.395 e. The van der Waals surface area contributed by atoms with Gasteiger partial charge in [-0.1, -0.05) is 11.8 Å². The molecule has 2 heterocycles. The van der Waals surface area contributed by atoms with Crippen LogP contribution in [0.15, 0.2) is 17.6 Å². The van der Waals surface area contributed by atoms with Gasteiger partial charge in [0.2, 0.25) is 0 Å². The Balaban J connectivity index is 1.90. The van der Waals surface area contributed by atoms with Gasteiger partial charge in [0.1, 0.15) is 0 Å². The van der Waals surface area contributed by atoms with Crippen molar-refractivity contribution < 1.29 is 9.90 Å². The maximum Gasteiger partial charge on any atom is 0.255 e. The maximum absolute atomic E-state index is 11.9. The van der Waals surface area contributed by atoms with E-state index in [0.717, 1.165) is 16.1 Å². The van der Waals surface area contributed by atoms with Crippen molar-refractivity contribution in [3.63, 3.8) is 0 Å². The molecule has 5 nitrogen and oxygen atoms in total. The Morgan fingerprint density at radius 3 is 3.15 bits per heavy atom. The lowest BCUT2D eigenvalue weighted by Crippen LogP contribution is -2.22. The molecule has 0 aliphatic rings. The van der Waals surface area contributed by atoms with Crippen LogP contribution in [0.3, 0.4) is 0 Å². The third-order valence-electron chi connectivity index (χ3n) is 2.62. The number of rotatable bonds is 4. The third kappa shape index (κ3) is 3.70. The zero-order valence-corrected chi connectivity index (χ0v) is 11.9. The first-order chi connectivity index (χ1) is 9.70. The van der Waals surface area contributed by atoms with Crippen molar-refractivity contribution in [1.29, 1.82) is 0 Å². The van der Waals surface area contributed by atoms with Gasteiger partial charge in [-0.2, -0.15) is 5.10 Å². The first kappa shape index (κ1) is 14.3. The molecular formula is C14H15N3O2S. The van der Waals surface area contributed by atoms with Gasteiger partial charge in [-0.25, -0.2) is 0 Å². The number of aryl methyl sites for hydroxylation is 1. The highest BCUT2D eigenvalue weighted by Crippen LogP contribution is 2.14. The molecule has 0 bridgehead atoms. The van der Waals surface area contributed by atoms with Crippen molar-refractivity contribution in [2.75, 3.05) is 6.61 Å². The Morgan fingerprint density at radius 1 is 1.60 bits per heavy atom. The van der Waals surface area contributed by atoms with Crippen LogP contribution in [-0.4, -0.2) is 27.8 Å². The second-order valence-corrected chi connectivity index (χ2v) is 5.16. The van der Waals surface area contributed by atoms with E-state index in [1.165, 1.54) is 6.20 Å². The normalized spacial score (nSPS) is 9.90. The van der Waals surface area contributed by atoms with Gasteiger partial charge in [0.25, 0.3) is 5.91 Å². The van der Waals surface area contributed by atoms with Crippen LogP contribution in [0.4, 0.5) is 0 Å². The molecule has 0 radical (unpaired) electrons. The van der Waals surface area contributed by atoms with Crippen LogP contribution in [0.5, 0.6) is 0 Å². The van der Waals surface area contributed by atoms with Crippen molar-refractivity contribution in [3.8, 4) is 11.8 Å². The quantitative estimate of drug-likeness (QED) is 0.745. The number of aromatic nitrogens is 2. The molecule has 104 valence electrons. The summed E-state index contributed by atoms with van der Waals surface area (Å²) in [5.74, 6) is 5.69. The predicted molar refractivity (Wildman–Crippen MR) is 77.4 cm³/mol. The highest BCUT2D eigenvalue weighted by Gasteiger charge is 2.10. The van der Waals surface area contributed by atoms with E-state index < -0.39 is 0 Å². The van der Waals surface area contributed by atoms with E-state index in [-0.39, 0.29) is 12.5 Å². The molecule has 0 fully saturated rings. The molecule has 0 unspecified atom stereocenters. The van der Waals surface area contributed by atoms with Gasteiger partial charge in [-0.15, -0.1) is 11.3 Å². The highest BCUT2D eigenvalue weighted by molar-refractivity contribution is 7.10. The molecule has 0 atom stereocenters. The zero-order chi connectivity index (χ0) is 14.4. The van der Waals surface area contributed by atoms with Crippen molar-refractivity contribution in [2.24, 2.45) is 0 Å². The lowest BCUT2D eigenvalue weighted by Gasteiger charge is -2.01. The Morgan fingerprint density at radius 2 is 2.45 bits per heavy atom. The van der Waals surface area contributed by atoms with E-state index in [1.807, 2.05) is 18.4 Å². The number of hydrogen-bond donors (Lipinski definition) is 3. The number of H-pyrrole nitrogens is 1. The summed E-state index contributed by atoms with van der Waals surface area (Å²) in [5.41, 5.74) is 2.22. The van der Waals surface area contributed by atoms with Crippen LogP contribution in [-0.2, 0) is 6.54 Å². The minimum atomic E-state index is -0.141. The van der Waals surface area contributed by atoms with Crippen LogP contribution in [0.1, 0.15) is 32.9 Å². The van der Waals surface area contributed by atoms with Crippen LogP contribution in [0.25, 0.3) is 0 Å². The van der Waals surface area contributed by atoms with Crippen molar-refractivity contribution >= 4 is 17.2 Å². The van der Waals surface area contributed by atoms with Crippen molar-refractivity contribution in [1.82, 2.24) is 15.5 Å². The zero-order valence-electron chi connectivity index (χ0n) is 11.1. The number of aromatic amines is 1. The number of thiophene rings is 1. The predicted octanol–water partition coefficient (Wildman–Crippen LogP) is 1.44. The van der Waals surface area contributed by atoms with E-state index in [9.17, 15) is 4.79 Å². The largest absolute Gasteiger partial charge is 0.395 e. The SMILES string of the molecule is Cc1[nH]ncc1C(=O)NCc1cc(C#CCCO)cs1. The molecule has 0 aromatic carbocycles. The molecule has 3 N–H and O–H groups in total. The first-order valence-electron chi connectivity index (χ1n) is 6.16. The summed E-state index contributed by atoms with van der Waals surface area (Å²) in [6, 6.07) is 1.94. The van der Waals surface area contributed by atoms with Gasteiger partial charge >= 0.3 is 0 Å². The van der Waals surface area contributed by atoms with E-state index in [2.05, 4.69) is 27.4 Å². The molecule has 2 aromatic rings. The van der Waals surface area contributed by atoms with Gasteiger partial charge in [-0.05, 0) is 13.0 Å². The topological polar surface area (TPSA) is 78.0 Å². The fourth-order valence-corrected chi connectivity index (χ4v) is 2.36. The monoisotopic (exact) mass is 289 g/mol. The van der Waals surface area contributed by atoms with Crippen LogP contribution in [0, 0.1) is 18.8 Å². The van der Waals surface area contributed by atoms with E-state index >= 15 is 0 Å². The fraction of sp³-hybridized carbons (Fsp3) is 0.286. The van der Waals surface area contributed by atoms with Crippen LogP contribution in [0.2, 0.25) is 0 Å². The Hall–Kier alpha value is -2.10. The maximum atomic E-state index is 11.9. The second-order valence-electron chi connectivity index (χ2n) is 4.17. The van der Waals surface area contributed by atoms with Gasteiger partial charge in [0.15, 0.2) is 0 Å². The molecule has 2 rings (SSSR count). The molecule has 0 aliphatic carbocycles. The molecule has 1 amide bonds. The summed E-state index contributed by atoms with van der Waals surface area (Å²) < 4.78 is 0. The number of carbonyl (C=O) groups excluding carboxylic acids is 1. The standard InChI is InChI=1S/C14H15N3O2S/c1-10-13(8-16-17-10)14(19)15-7-12-6-11(9-20-12)4-2-3-5-18/h6,8-9,18H,3,5,7H2,1H3,(H,15,19)(H,16,17). The first-order valence-corrected chi connectivity index (χ1v) is 7.04. The minimum absolute atomic E-state index is 0.0735. The average Bonchev–Trinajstić information content (AvgIpc) is 3.05. The molecule has 20 heavy (non-hydrogen) atoms. The van der Waals surface area contributed by atoms with Gasteiger partial charge in [-0.3, -0.25) is 9.89 Å². The number of nitrogens with one attached hydrogen (secondary N) is 2. The van der Waals surface area contributed by atoms with Gasteiger partial charge in [0.05, 0.1) is 24.9 Å². The summed E-state index contributed by atoms with van der Waals surface area (Å²) >= 11 is 1.55. The number of hydrogen-bond acceptors (Lipinski definition) is 4. The van der Waals surface area contributed by atoms with Gasteiger partial charge in [0, 0.05) is 27.9 Å². The molecule has 0 spiro atoms. The highest BCUT2D eigenvalue weighted by atomic mass is 32.1. The smallest absolute Gasteiger partial charge is 0.255 e. The Bertz CT molecular complexity index is 649.